The molecule has 0 radical (unpaired) electrons. The van der Waals surface area contributed by atoms with Crippen LogP contribution in [0.25, 0.3) is 0 Å². The van der Waals surface area contributed by atoms with Crippen molar-refractivity contribution < 1.29 is 18.6 Å². The van der Waals surface area contributed by atoms with Crippen molar-refractivity contribution in [2.45, 2.75) is 37.9 Å². The minimum Gasteiger partial charge on any atom is -0.489 e. The Kier molecular flexibility index (Phi) is 8.12. The standard InChI is InChI=1S/C19H30FN3O3/c1-4-16(26-17-7-5-6-15(20)12-17)13-22-18(21-2)23-14-19(24-3)8-10-25-11-9-19/h5-7,12,16H,4,8-11,13-14H2,1-3H3,(H2,21,22,23). The molecule has 146 valence electrons. The van der Waals surface area contributed by atoms with E-state index >= 15 is 0 Å². The number of hydrogen-bond acceptors (Lipinski definition) is 4. The Morgan fingerprint density at radius 3 is 2.73 bits per heavy atom. The molecule has 0 spiro atoms. The molecule has 7 heteroatoms. The van der Waals surface area contributed by atoms with Crippen LogP contribution < -0.4 is 15.4 Å². The van der Waals surface area contributed by atoms with Crippen molar-refractivity contribution in [3.05, 3.63) is 30.1 Å². The van der Waals surface area contributed by atoms with E-state index in [2.05, 4.69) is 15.6 Å². The highest BCUT2D eigenvalue weighted by molar-refractivity contribution is 5.79. The third-order valence-corrected chi connectivity index (χ3v) is 4.69. The van der Waals surface area contributed by atoms with Gasteiger partial charge in [-0.3, -0.25) is 4.99 Å². The number of ether oxygens (including phenoxy) is 3. The van der Waals surface area contributed by atoms with Crippen LogP contribution in [0.2, 0.25) is 0 Å². The summed E-state index contributed by atoms with van der Waals surface area (Å²) in [5.74, 6) is 0.917. The number of hydrogen-bond donors (Lipinski definition) is 2. The first kappa shape index (κ1) is 20.5. The molecule has 6 nitrogen and oxygen atoms in total. The summed E-state index contributed by atoms with van der Waals surface area (Å²) in [7, 11) is 3.47. The lowest BCUT2D eigenvalue weighted by atomic mass is 9.94. The van der Waals surface area contributed by atoms with E-state index in [1.54, 1.807) is 26.3 Å². The average molecular weight is 367 g/mol. The van der Waals surface area contributed by atoms with Gasteiger partial charge in [-0.05, 0) is 18.6 Å². The maximum atomic E-state index is 13.3. The molecule has 1 fully saturated rings. The van der Waals surface area contributed by atoms with Crippen LogP contribution in [-0.2, 0) is 9.47 Å². The summed E-state index contributed by atoms with van der Waals surface area (Å²) < 4.78 is 30.3. The van der Waals surface area contributed by atoms with Crippen molar-refractivity contribution in [2.75, 3.05) is 40.5 Å². The van der Waals surface area contributed by atoms with E-state index in [1.807, 2.05) is 6.92 Å². The summed E-state index contributed by atoms with van der Waals surface area (Å²) >= 11 is 0. The Labute approximate surface area is 155 Å². The van der Waals surface area contributed by atoms with Crippen LogP contribution in [0.4, 0.5) is 4.39 Å². The second kappa shape index (κ2) is 10.3. The summed E-state index contributed by atoms with van der Waals surface area (Å²) in [4.78, 5) is 4.26. The molecule has 2 rings (SSSR count). The van der Waals surface area contributed by atoms with Gasteiger partial charge in [-0.1, -0.05) is 13.0 Å². The van der Waals surface area contributed by atoms with E-state index < -0.39 is 0 Å². The summed E-state index contributed by atoms with van der Waals surface area (Å²) in [5.41, 5.74) is -0.224. The van der Waals surface area contributed by atoms with Crippen LogP contribution in [0.5, 0.6) is 5.75 Å². The molecule has 0 aromatic heterocycles. The van der Waals surface area contributed by atoms with Crippen molar-refractivity contribution >= 4 is 5.96 Å². The van der Waals surface area contributed by atoms with Crippen molar-refractivity contribution in [1.29, 1.82) is 0 Å². The second-order valence-corrected chi connectivity index (χ2v) is 6.41. The highest BCUT2D eigenvalue weighted by Crippen LogP contribution is 2.23. The Hall–Kier alpha value is -1.86. The maximum Gasteiger partial charge on any atom is 0.191 e. The average Bonchev–Trinajstić information content (AvgIpc) is 2.67. The van der Waals surface area contributed by atoms with Crippen LogP contribution in [0.1, 0.15) is 26.2 Å². The minimum absolute atomic E-state index is 0.0881. The number of methoxy groups -OCH3 is 1. The molecule has 1 unspecified atom stereocenters. The van der Waals surface area contributed by atoms with Crippen molar-refractivity contribution in [3.8, 4) is 5.75 Å². The first-order valence-electron chi connectivity index (χ1n) is 9.10. The predicted octanol–water partition coefficient (Wildman–Crippen LogP) is 2.34. The lowest BCUT2D eigenvalue weighted by molar-refractivity contribution is -0.0855. The summed E-state index contributed by atoms with van der Waals surface area (Å²) in [5, 5.41) is 6.60. The van der Waals surface area contributed by atoms with Gasteiger partial charge in [0.05, 0.1) is 12.1 Å². The lowest BCUT2D eigenvalue weighted by Crippen LogP contribution is -2.51. The zero-order valence-corrected chi connectivity index (χ0v) is 15.9. The Bertz CT molecular complexity index is 577. The van der Waals surface area contributed by atoms with E-state index in [0.29, 0.717) is 38.0 Å². The zero-order valence-electron chi connectivity index (χ0n) is 15.9. The molecule has 1 heterocycles. The van der Waals surface area contributed by atoms with Crippen molar-refractivity contribution in [1.82, 2.24) is 10.6 Å². The molecule has 0 saturated carbocycles. The van der Waals surface area contributed by atoms with E-state index in [4.69, 9.17) is 14.2 Å². The van der Waals surface area contributed by atoms with Gasteiger partial charge in [0.25, 0.3) is 0 Å². The second-order valence-electron chi connectivity index (χ2n) is 6.41. The molecule has 1 aromatic carbocycles. The van der Waals surface area contributed by atoms with Crippen molar-refractivity contribution in [2.24, 2.45) is 4.99 Å². The van der Waals surface area contributed by atoms with Gasteiger partial charge in [-0.25, -0.2) is 4.39 Å². The van der Waals surface area contributed by atoms with Gasteiger partial charge >= 0.3 is 0 Å². The van der Waals surface area contributed by atoms with E-state index in [-0.39, 0.29) is 17.5 Å². The van der Waals surface area contributed by atoms with Crippen LogP contribution in [0.3, 0.4) is 0 Å². The molecule has 1 atom stereocenters. The van der Waals surface area contributed by atoms with Gasteiger partial charge in [0.15, 0.2) is 5.96 Å². The fourth-order valence-corrected chi connectivity index (χ4v) is 2.87. The van der Waals surface area contributed by atoms with Crippen LogP contribution in [-0.4, -0.2) is 58.1 Å². The number of benzene rings is 1. The maximum absolute atomic E-state index is 13.3. The third-order valence-electron chi connectivity index (χ3n) is 4.69. The number of aliphatic imine (C=N–C) groups is 1. The number of nitrogens with one attached hydrogen (secondary N) is 2. The molecule has 0 aliphatic carbocycles. The Morgan fingerprint density at radius 1 is 1.35 bits per heavy atom. The van der Waals surface area contributed by atoms with E-state index in [9.17, 15) is 4.39 Å². The number of guanidine groups is 1. The topological polar surface area (TPSA) is 64.1 Å². The normalized spacial score (nSPS) is 18.2. The van der Waals surface area contributed by atoms with Crippen molar-refractivity contribution in [3.63, 3.8) is 0 Å². The molecule has 2 N–H and O–H groups in total. The fraction of sp³-hybridized carbons (Fsp3) is 0.632. The minimum atomic E-state index is -0.302. The highest BCUT2D eigenvalue weighted by Gasteiger charge is 2.32. The number of rotatable bonds is 8. The van der Waals surface area contributed by atoms with Crippen LogP contribution >= 0.6 is 0 Å². The molecule has 1 aromatic rings. The van der Waals surface area contributed by atoms with Gasteiger partial charge in [0.1, 0.15) is 17.7 Å². The number of nitrogens with zero attached hydrogens (tertiary/aromatic N) is 1. The molecule has 1 saturated heterocycles. The largest absolute Gasteiger partial charge is 0.489 e. The van der Waals surface area contributed by atoms with E-state index in [0.717, 1.165) is 19.3 Å². The first-order valence-corrected chi connectivity index (χ1v) is 9.10. The van der Waals surface area contributed by atoms with Gasteiger partial charge in [0.2, 0.25) is 0 Å². The summed E-state index contributed by atoms with van der Waals surface area (Å²) in [6.45, 7) is 4.68. The van der Waals surface area contributed by atoms with Gasteiger partial charge in [-0.15, -0.1) is 0 Å². The van der Waals surface area contributed by atoms with Crippen LogP contribution in [0.15, 0.2) is 29.3 Å². The summed E-state index contributed by atoms with van der Waals surface area (Å²) in [6, 6.07) is 6.19. The first-order chi connectivity index (χ1) is 12.6. The molecule has 1 aliphatic rings. The number of halogens is 1. The Morgan fingerprint density at radius 2 is 2.12 bits per heavy atom. The molecule has 26 heavy (non-hydrogen) atoms. The summed E-state index contributed by atoms with van der Waals surface area (Å²) in [6.07, 6.45) is 2.41. The molecule has 1 aliphatic heterocycles. The zero-order chi connectivity index (χ0) is 18.8. The van der Waals surface area contributed by atoms with Crippen LogP contribution in [0, 0.1) is 5.82 Å². The quantitative estimate of drug-likeness (QED) is 0.545. The van der Waals surface area contributed by atoms with Gasteiger partial charge in [-0.2, -0.15) is 0 Å². The SMILES string of the molecule is CCC(CNC(=NC)NCC1(OC)CCOCC1)Oc1cccc(F)c1. The monoisotopic (exact) mass is 367 g/mol. The molecule has 0 bridgehead atoms. The van der Waals surface area contributed by atoms with Gasteiger partial charge < -0.3 is 24.8 Å². The third kappa shape index (κ3) is 6.14. The van der Waals surface area contributed by atoms with E-state index in [1.165, 1.54) is 12.1 Å². The van der Waals surface area contributed by atoms with Gasteiger partial charge in [0, 0.05) is 52.8 Å². The molecule has 0 amide bonds. The highest BCUT2D eigenvalue weighted by atomic mass is 19.1. The predicted molar refractivity (Wildman–Crippen MR) is 100 cm³/mol. The molecular weight excluding hydrogens is 337 g/mol. The Balaban J connectivity index is 1.82. The fourth-order valence-electron chi connectivity index (χ4n) is 2.87. The molecular formula is C19H30FN3O3. The smallest absolute Gasteiger partial charge is 0.191 e. The lowest BCUT2D eigenvalue weighted by Gasteiger charge is -2.36.